The van der Waals surface area contributed by atoms with Crippen molar-refractivity contribution in [2.75, 3.05) is 13.7 Å². The summed E-state index contributed by atoms with van der Waals surface area (Å²) >= 11 is 12.3. The van der Waals surface area contributed by atoms with Gasteiger partial charge >= 0.3 is 0 Å². The first kappa shape index (κ1) is 20.0. The van der Waals surface area contributed by atoms with Crippen molar-refractivity contribution in [2.45, 2.75) is 12.5 Å². The zero-order chi connectivity index (χ0) is 21.5. The third kappa shape index (κ3) is 3.46. The number of hydrogen-bond acceptors (Lipinski definition) is 2. The lowest BCUT2D eigenvalue weighted by Gasteiger charge is -2.36. The number of benzene rings is 3. The van der Waals surface area contributed by atoms with Crippen molar-refractivity contribution < 1.29 is 9.53 Å². The van der Waals surface area contributed by atoms with E-state index in [1.54, 1.807) is 25.3 Å². The van der Waals surface area contributed by atoms with Gasteiger partial charge < -0.3 is 14.6 Å². The zero-order valence-electron chi connectivity index (χ0n) is 16.9. The van der Waals surface area contributed by atoms with Crippen LogP contribution in [0.1, 0.15) is 33.2 Å². The molecule has 1 atom stereocenters. The lowest BCUT2D eigenvalue weighted by Crippen LogP contribution is -2.40. The Morgan fingerprint density at radius 1 is 1.03 bits per heavy atom. The summed E-state index contributed by atoms with van der Waals surface area (Å²) in [4.78, 5) is 19.1. The predicted octanol–water partition coefficient (Wildman–Crippen LogP) is 6.27. The Labute approximate surface area is 190 Å². The van der Waals surface area contributed by atoms with E-state index in [1.807, 2.05) is 41.3 Å². The largest absolute Gasteiger partial charge is 0.497 e. The van der Waals surface area contributed by atoms with E-state index in [2.05, 4.69) is 17.1 Å². The van der Waals surface area contributed by atoms with Gasteiger partial charge in [-0.15, -0.1) is 0 Å². The van der Waals surface area contributed by atoms with Crippen LogP contribution in [0, 0.1) is 0 Å². The fourth-order valence-corrected chi connectivity index (χ4v) is 4.69. The number of H-pyrrole nitrogens is 1. The van der Waals surface area contributed by atoms with Crippen LogP contribution in [0.3, 0.4) is 0 Å². The van der Waals surface area contributed by atoms with Gasteiger partial charge in [-0.25, -0.2) is 0 Å². The van der Waals surface area contributed by atoms with Gasteiger partial charge in [0.05, 0.1) is 23.2 Å². The lowest BCUT2D eigenvalue weighted by molar-refractivity contribution is 0.0692. The average molecular weight is 451 g/mol. The average Bonchev–Trinajstić information content (AvgIpc) is 3.18. The van der Waals surface area contributed by atoms with Crippen molar-refractivity contribution in [1.29, 1.82) is 0 Å². The van der Waals surface area contributed by atoms with E-state index in [0.29, 0.717) is 22.2 Å². The fraction of sp³-hybridized carbons (Fsp3) is 0.160. The molecule has 4 nitrogen and oxygen atoms in total. The van der Waals surface area contributed by atoms with E-state index < -0.39 is 0 Å². The molecular weight excluding hydrogens is 431 g/mol. The molecule has 1 aliphatic rings. The van der Waals surface area contributed by atoms with Gasteiger partial charge in [0.15, 0.2) is 0 Å². The molecule has 6 heteroatoms. The molecule has 0 aliphatic carbocycles. The highest BCUT2D eigenvalue weighted by Gasteiger charge is 2.35. The molecular formula is C25H20Cl2N2O2. The van der Waals surface area contributed by atoms with Crippen molar-refractivity contribution in [3.8, 4) is 5.75 Å². The Hall–Kier alpha value is -2.95. The maximum atomic E-state index is 13.6. The van der Waals surface area contributed by atoms with Crippen LogP contribution in [0.5, 0.6) is 5.75 Å². The van der Waals surface area contributed by atoms with E-state index in [0.717, 1.165) is 28.9 Å². The first-order valence-corrected chi connectivity index (χ1v) is 10.8. The molecule has 1 aliphatic heterocycles. The molecule has 1 aromatic heterocycles. The molecule has 4 aromatic rings. The Bertz CT molecular complexity index is 1280. The van der Waals surface area contributed by atoms with E-state index in [4.69, 9.17) is 27.9 Å². The monoisotopic (exact) mass is 450 g/mol. The first-order chi connectivity index (χ1) is 15.1. The summed E-state index contributed by atoms with van der Waals surface area (Å²) in [5.41, 5.74) is 4.92. The molecule has 156 valence electrons. The quantitative estimate of drug-likeness (QED) is 0.399. The Morgan fingerprint density at radius 2 is 1.81 bits per heavy atom. The number of aromatic nitrogens is 1. The smallest absolute Gasteiger partial charge is 0.254 e. The van der Waals surface area contributed by atoms with Crippen LogP contribution in [0.15, 0.2) is 66.7 Å². The molecule has 2 heterocycles. The number of ether oxygens (including phenoxy) is 1. The second-order valence-electron chi connectivity index (χ2n) is 7.62. The van der Waals surface area contributed by atoms with Crippen molar-refractivity contribution in [3.63, 3.8) is 0 Å². The summed E-state index contributed by atoms with van der Waals surface area (Å²) in [6, 6.07) is 20.9. The zero-order valence-corrected chi connectivity index (χ0v) is 18.4. The van der Waals surface area contributed by atoms with E-state index in [1.165, 1.54) is 10.9 Å². The number of carbonyl (C=O) groups excluding carboxylic acids is 1. The molecule has 31 heavy (non-hydrogen) atoms. The molecule has 3 aromatic carbocycles. The van der Waals surface area contributed by atoms with Crippen molar-refractivity contribution in [1.82, 2.24) is 9.88 Å². The summed E-state index contributed by atoms with van der Waals surface area (Å²) in [7, 11) is 1.64. The molecule has 0 saturated carbocycles. The minimum absolute atomic E-state index is 0.0799. The van der Waals surface area contributed by atoms with Crippen molar-refractivity contribution in [3.05, 3.63) is 99.2 Å². The summed E-state index contributed by atoms with van der Waals surface area (Å²) in [6.07, 6.45) is 0.777. The molecule has 0 saturated heterocycles. The maximum Gasteiger partial charge on any atom is 0.254 e. The molecule has 1 amide bonds. The maximum absolute atomic E-state index is 13.6. The number of rotatable bonds is 3. The molecule has 5 rings (SSSR count). The van der Waals surface area contributed by atoms with Gasteiger partial charge in [-0.05, 0) is 53.9 Å². The topological polar surface area (TPSA) is 45.3 Å². The number of methoxy groups -OCH3 is 1. The highest BCUT2D eigenvalue weighted by molar-refractivity contribution is 6.42. The van der Waals surface area contributed by atoms with Crippen LogP contribution in [0.2, 0.25) is 10.0 Å². The van der Waals surface area contributed by atoms with Gasteiger partial charge in [-0.2, -0.15) is 0 Å². The Morgan fingerprint density at radius 3 is 2.55 bits per heavy atom. The first-order valence-electron chi connectivity index (χ1n) is 10.1. The summed E-state index contributed by atoms with van der Waals surface area (Å²) in [5, 5.41) is 2.01. The van der Waals surface area contributed by atoms with Crippen molar-refractivity contribution in [2.24, 2.45) is 0 Å². The number of hydrogen-bond donors (Lipinski definition) is 1. The lowest BCUT2D eigenvalue weighted by atomic mass is 9.91. The molecule has 0 radical (unpaired) electrons. The molecule has 1 N–H and O–H groups in total. The molecule has 0 spiro atoms. The van der Waals surface area contributed by atoms with Gasteiger partial charge in [0, 0.05) is 28.7 Å². The van der Waals surface area contributed by atoms with Gasteiger partial charge in [-0.1, -0.05) is 53.5 Å². The van der Waals surface area contributed by atoms with Crippen LogP contribution in [-0.2, 0) is 6.42 Å². The van der Waals surface area contributed by atoms with E-state index in [9.17, 15) is 4.79 Å². The second-order valence-corrected chi connectivity index (χ2v) is 8.43. The summed E-state index contributed by atoms with van der Waals surface area (Å²) in [5.74, 6) is 0.697. The van der Waals surface area contributed by atoms with Crippen LogP contribution >= 0.6 is 23.2 Å². The molecule has 0 fully saturated rings. The van der Waals surface area contributed by atoms with Gasteiger partial charge in [0.1, 0.15) is 5.75 Å². The predicted molar refractivity (Wildman–Crippen MR) is 124 cm³/mol. The van der Waals surface area contributed by atoms with E-state index in [-0.39, 0.29) is 11.9 Å². The van der Waals surface area contributed by atoms with Crippen molar-refractivity contribution >= 4 is 40.0 Å². The normalized spacial score (nSPS) is 15.7. The number of fused-ring (bicyclic) bond motifs is 3. The minimum Gasteiger partial charge on any atom is -0.497 e. The standard InChI is InChI=1S/C25H20Cl2N2O2/c1-31-17-9-6-15(7-10-17)24-23-19(18-4-2-3-5-22(18)28-23)12-13-29(24)25(30)16-8-11-20(26)21(27)14-16/h2-11,14,24,28H,12-13H2,1H3/t24-/m1/s1. The number of para-hydroxylation sites is 1. The number of nitrogens with zero attached hydrogens (tertiary/aromatic N) is 1. The number of amides is 1. The third-order valence-corrected chi connectivity index (χ3v) is 6.63. The van der Waals surface area contributed by atoms with Crippen LogP contribution < -0.4 is 4.74 Å². The van der Waals surface area contributed by atoms with E-state index >= 15 is 0 Å². The summed E-state index contributed by atoms with van der Waals surface area (Å²) in [6.45, 7) is 0.602. The van der Waals surface area contributed by atoms with Crippen LogP contribution in [-0.4, -0.2) is 29.4 Å². The highest BCUT2D eigenvalue weighted by Crippen LogP contribution is 2.39. The van der Waals surface area contributed by atoms with Gasteiger partial charge in [0.2, 0.25) is 0 Å². The van der Waals surface area contributed by atoms with Crippen LogP contribution in [0.4, 0.5) is 0 Å². The molecule has 0 bridgehead atoms. The SMILES string of the molecule is COc1ccc([C@@H]2c3[nH]c4ccccc4c3CCN2C(=O)c2ccc(Cl)c(Cl)c2)cc1. The number of nitrogens with one attached hydrogen (secondary N) is 1. The summed E-state index contributed by atoms with van der Waals surface area (Å²) < 4.78 is 5.33. The highest BCUT2D eigenvalue weighted by atomic mass is 35.5. The van der Waals surface area contributed by atoms with Gasteiger partial charge in [-0.3, -0.25) is 4.79 Å². The minimum atomic E-state index is -0.246. The Kier molecular flexibility index (Phi) is 5.12. The Balaban J connectivity index is 1.64. The number of halogens is 2. The second kappa shape index (κ2) is 7.95. The van der Waals surface area contributed by atoms with Crippen LogP contribution in [0.25, 0.3) is 10.9 Å². The number of carbonyl (C=O) groups is 1. The number of aromatic amines is 1. The third-order valence-electron chi connectivity index (χ3n) is 5.89. The molecule has 0 unspecified atom stereocenters. The fourth-order valence-electron chi connectivity index (χ4n) is 4.39. The van der Waals surface area contributed by atoms with Gasteiger partial charge in [0.25, 0.3) is 5.91 Å².